The zero-order chi connectivity index (χ0) is 5.82. The summed E-state index contributed by atoms with van der Waals surface area (Å²) in [6.45, 7) is 0.768. The van der Waals surface area contributed by atoms with Gasteiger partial charge in [0.2, 0.25) is 0 Å². The van der Waals surface area contributed by atoms with E-state index < -0.39 is 0 Å². The fourth-order valence-corrected chi connectivity index (χ4v) is 0.602. The Balaban J connectivity index is 2.64. The normalized spacial score (nSPS) is 17.8. The van der Waals surface area contributed by atoms with Gasteiger partial charge < -0.3 is 0 Å². The Labute approximate surface area is 47.9 Å². The van der Waals surface area contributed by atoms with Gasteiger partial charge in [0.15, 0.2) is 6.29 Å². The number of nitrogens with zero attached hydrogens (tertiary/aromatic N) is 1. The summed E-state index contributed by atoms with van der Waals surface area (Å²) in [6.07, 6.45) is 5.44. The van der Waals surface area contributed by atoms with Crippen LogP contribution >= 0.6 is 0 Å². The van der Waals surface area contributed by atoms with E-state index in [4.69, 9.17) is 0 Å². The first-order chi connectivity index (χ1) is 3.93. The summed E-state index contributed by atoms with van der Waals surface area (Å²) in [7, 11) is 0. The first-order valence-corrected chi connectivity index (χ1v) is 2.59. The van der Waals surface area contributed by atoms with Crippen molar-refractivity contribution < 1.29 is 4.79 Å². The van der Waals surface area contributed by atoms with Crippen molar-refractivity contribution in [2.75, 3.05) is 6.54 Å². The van der Waals surface area contributed by atoms with Crippen LogP contribution in [0.15, 0.2) is 17.1 Å². The summed E-state index contributed by atoms with van der Waals surface area (Å²) in [4.78, 5) is 13.9. The molecule has 0 aromatic carbocycles. The molecular weight excluding hydrogens is 102 g/mol. The molecule has 0 aromatic heterocycles. The number of rotatable bonds is 1. The Kier molecular flexibility index (Phi) is 1.57. The van der Waals surface area contributed by atoms with Crippen LogP contribution in [0.1, 0.15) is 6.42 Å². The van der Waals surface area contributed by atoms with Crippen LogP contribution in [0.3, 0.4) is 0 Å². The highest BCUT2D eigenvalue weighted by Gasteiger charge is 1.92. The van der Waals surface area contributed by atoms with Crippen molar-refractivity contribution in [1.82, 2.24) is 0 Å². The summed E-state index contributed by atoms with van der Waals surface area (Å²) in [5.41, 5.74) is 0.566. The fraction of sp³-hybridized carbons (Fsp3) is 0.333. The third-order valence-corrected chi connectivity index (χ3v) is 1.000. The number of hydrogen-bond donors (Lipinski definition) is 0. The van der Waals surface area contributed by atoms with E-state index >= 15 is 0 Å². The molecule has 1 aliphatic rings. The number of dihydropyridines is 1. The van der Waals surface area contributed by atoms with Crippen molar-refractivity contribution in [3.05, 3.63) is 12.2 Å². The van der Waals surface area contributed by atoms with E-state index in [9.17, 15) is 4.79 Å². The Morgan fingerprint density at radius 1 is 1.75 bits per heavy atom. The van der Waals surface area contributed by atoms with Crippen molar-refractivity contribution in [2.24, 2.45) is 4.99 Å². The molecule has 0 fully saturated rings. The Bertz CT molecular complexity index is 147. The molecule has 0 saturated heterocycles. The van der Waals surface area contributed by atoms with Crippen LogP contribution in [-0.2, 0) is 4.79 Å². The molecule has 2 nitrogen and oxygen atoms in total. The number of allylic oxidation sites excluding steroid dienone is 1. The van der Waals surface area contributed by atoms with Crippen molar-refractivity contribution in [3.63, 3.8) is 0 Å². The average Bonchev–Trinajstić information content (AvgIpc) is 1.90. The quantitative estimate of drug-likeness (QED) is 0.453. The number of carbonyl (C=O) groups excluding carboxylic acids is 1. The van der Waals surface area contributed by atoms with E-state index in [1.165, 1.54) is 0 Å². The maximum absolute atomic E-state index is 9.98. The van der Waals surface area contributed by atoms with Crippen LogP contribution in [0.2, 0.25) is 0 Å². The third kappa shape index (κ3) is 1.03. The van der Waals surface area contributed by atoms with Gasteiger partial charge in [0.25, 0.3) is 0 Å². The van der Waals surface area contributed by atoms with Gasteiger partial charge >= 0.3 is 0 Å². The minimum Gasteiger partial charge on any atom is -0.296 e. The fourth-order valence-electron chi connectivity index (χ4n) is 0.602. The molecule has 1 aliphatic heterocycles. The van der Waals surface area contributed by atoms with Crippen LogP contribution in [0.5, 0.6) is 0 Å². The van der Waals surface area contributed by atoms with Crippen molar-refractivity contribution in [1.29, 1.82) is 0 Å². The number of aliphatic imine (C=N–C) groups is 1. The van der Waals surface area contributed by atoms with Gasteiger partial charge in [-0.2, -0.15) is 0 Å². The first kappa shape index (κ1) is 5.22. The molecule has 8 heavy (non-hydrogen) atoms. The lowest BCUT2D eigenvalue weighted by Crippen LogP contribution is -2.00. The maximum atomic E-state index is 9.98. The number of aldehydes is 1. The van der Waals surface area contributed by atoms with Gasteiger partial charge in [0, 0.05) is 6.54 Å². The van der Waals surface area contributed by atoms with Crippen LogP contribution in [0.25, 0.3) is 0 Å². The van der Waals surface area contributed by atoms with E-state index in [0.717, 1.165) is 19.3 Å². The molecule has 42 valence electrons. The number of carbonyl (C=O) groups is 1. The molecule has 0 saturated carbocycles. The lowest BCUT2D eigenvalue weighted by molar-refractivity contribution is -0.102. The van der Waals surface area contributed by atoms with E-state index in [2.05, 4.69) is 4.99 Å². The van der Waals surface area contributed by atoms with Crippen LogP contribution in [0, 0.1) is 0 Å². The molecule has 0 amide bonds. The van der Waals surface area contributed by atoms with Gasteiger partial charge in [-0.25, -0.2) is 0 Å². The summed E-state index contributed by atoms with van der Waals surface area (Å²) < 4.78 is 0. The van der Waals surface area contributed by atoms with Gasteiger partial charge in [0.1, 0.15) is 0 Å². The predicted octanol–water partition coefficient (Wildman–Crippen LogP) is 0.586. The minimum atomic E-state index is 0.566. The largest absolute Gasteiger partial charge is 0.296 e. The van der Waals surface area contributed by atoms with Crippen LogP contribution in [-0.4, -0.2) is 18.5 Å². The number of hydrogen-bond acceptors (Lipinski definition) is 2. The van der Waals surface area contributed by atoms with E-state index in [0.29, 0.717) is 5.71 Å². The highest BCUT2D eigenvalue weighted by Crippen LogP contribution is 1.93. The topological polar surface area (TPSA) is 29.4 Å². The highest BCUT2D eigenvalue weighted by molar-refractivity contribution is 6.33. The molecule has 2 heteroatoms. The predicted molar refractivity (Wildman–Crippen MR) is 32.1 cm³/mol. The lowest BCUT2D eigenvalue weighted by atomic mass is 10.2. The monoisotopic (exact) mass is 109 g/mol. The lowest BCUT2D eigenvalue weighted by Gasteiger charge is -1.95. The molecule has 0 aliphatic carbocycles. The SMILES string of the molecule is O=CC1=NCCC=C1. The van der Waals surface area contributed by atoms with Crippen molar-refractivity contribution in [2.45, 2.75) is 6.42 Å². The summed E-state index contributed by atoms with van der Waals surface area (Å²) >= 11 is 0. The summed E-state index contributed by atoms with van der Waals surface area (Å²) in [6, 6.07) is 0. The van der Waals surface area contributed by atoms with E-state index in [-0.39, 0.29) is 0 Å². The summed E-state index contributed by atoms with van der Waals surface area (Å²) in [5, 5.41) is 0. The van der Waals surface area contributed by atoms with E-state index in [1.807, 2.05) is 6.08 Å². The van der Waals surface area contributed by atoms with Gasteiger partial charge in [-0.05, 0) is 12.5 Å². The molecule has 1 heterocycles. The molecule has 0 unspecified atom stereocenters. The molecule has 0 N–H and O–H groups in total. The van der Waals surface area contributed by atoms with Gasteiger partial charge in [-0.3, -0.25) is 9.79 Å². The molecule has 0 spiro atoms. The van der Waals surface area contributed by atoms with Gasteiger partial charge in [0.05, 0.1) is 5.71 Å². The summed E-state index contributed by atoms with van der Waals surface area (Å²) in [5.74, 6) is 0. The minimum absolute atomic E-state index is 0.566. The van der Waals surface area contributed by atoms with Gasteiger partial charge in [-0.1, -0.05) is 6.08 Å². The van der Waals surface area contributed by atoms with E-state index in [1.54, 1.807) is 6.08 Å². The standard InChI is InChI=1S/C6H7NO/c8-5-6-3-1-2-4-7-6/h1,3,5H,2,4H2. The Morgan fingerprint density at radius 3 is 3.00 bits per heavy atom. The first-order valence-electron chi connectivity index (χ1n) is 2.59. The Morgan fingerprint density at radius 2 is 2.62 bits per heavy atom. The molecular formula is C6H7NO. The van der Waals surface area contributed by atoms with Gasteiger partial charge in [-0.15, -0.1) is 0 Å². The second kappa shape index (κ2) is 2.40. The van der Waals surface area contributed by atoms with Crippen LogP contribution in [0.4, 0.5) is 0 Å². The highest BCUT2D eigenvalue weighted by atomic mass is 16.1. The zero-order valence-corrected chi connectivity index (χ0v) is 4.50. The van der Waals surface area contributed by atoms with Crippen molar-refractivity contribution in [3.8, 4) is 0 Å². The molecule has 0 atom stereocenters. The Hall–Kier alpha value is -0.920. The second-order valence-electron chi connectivity index (χ2n) is 1.62. The molecule has 0 radical (unpaired) electrons. The van der Waals surface area contributed by atoms with Crippen LogP contribution < -0.4 is 0 Å². The molecule has 0 aromatic rings. The average molecular weight is 109 g/mol. The maximum Gasteiger partial charge on any atom is 0.167 e. The van der Waals surface area contributed by atoms with Crippen molar-refractivity contribution >= 4 is 12.0 Å². The third-order valence-electron chi connectivity index (χ3n) is 1.000. The second-order valence-corrected chi connectivity index (χ2v) is 1.62. The molecule has 0 bridgehead atoms. The molecule has 1 rings (SSSR count). The zero-order valence-electron chi connectivity index (χ0n) is 4.50. The smallest absolute Gasteiger partial charge is 0.167 e.